The summed E-state index contributed by atoms with van der Waals surface area (Å²) in [5.41, 5.74) is 1.64. The van der Waals surface area contributed by atoms with Crippen molar-refractivity contribution < 1.29 is 18.7 Å². The number of hydrogen-bond donors (Lipinski definition) is 1. The van der Waals surface area contributed by atoms with Crippen LogP contribution in [-0.2, 0) is 16.6 Å². The number of ether oxygens (including phenoxy) is 1. The van der Waals surface area contributed by atoms with Crippen molar-refractivity contribution in [1.82, 2.24) is 9.78 Å². The largest absolute Gasteiger partial charge is 0.449 e. The van der Waals surface area contributed by atoms with Gasteiger partial charge in [-0.1, -0.05) is 11.6 Å². The summed E-state index contributed by atoms with van der Waals surface area (Å²) in [6, 6.07) is 3.53. The first-order valence-corrected chi connectivity index (χ1v) is 7.55. The summed E-state index contributed by atoms with van der Waals surface area (Å²) in [7, 11) is 1.75. The fourth-order valence-corrected chi connectivity index (χ4v) is 2.28. The van der Waals surface area contributed by atoms with E-state index in [1.54, 1.807) is 25.6 Å². The highest BCUT2D eigenvalue weighted by atomic mass is 35.5. The van der Waals surface area contributed by atoms with Gasteiger partial charge in [0.05, 0.1) is 22.6 Å². The van der Waals surface area contributed by atoms with Crippen LogP contribution in [0.15, 0.2) is 18.2 Å². The molecule has 0 fully saturated rings. The smallest absolute Gasteiger partial charge is 0.341 e. The molecule has 0 bridgehead atoms. The summed E-state index contributed by atoms with van der Waals surface area (Å²) < 4.78 is 20.3. The Labute approximate surface area is 143 Å². The molecule has 0 saturated carbocycles. The number of aromatic nitrogens is 2. The van der Waals surface area contributed by atoms with Gasteiger partial charge in [0.2, 0.25) is 0 Å². The molecule has 1 aromatic heterocycles. The SMILES string of the molecule is Cc1nn(C)c(C)c1NC(=O)[C@@H](C)OC(=O)c1cc(Cl)ccc1F. The van der Waals surface area contributed by atoms with Gasteiger partial charge >= 0.3 is 5.97 Å². The Hall–Kier alpha value is -2.41. The second-order valence-corrected chi connectivity index (χ2v) is 5.77. The van der Waals surface area contributed by atoms with Crippen LogP contribution in [0, 0.1) is 19.7 Å². The van der Waals surface area contributed by atoms with Gasteiger partial charge in [0.1, 0.15) is 5.82 Å². The normalized spacial score (nSPS) is 11.9. The molecule has 128 valence electrons. The second kappa shape index (κ2) is 7.00. The average molecular weight is 354 g/mol. The molecule has 0 aliphatic rings. The average Bonchev–Trinajstić information content (AvgIpc) is 2.75. The Kier molecular flexibility index (Phi) is 5.23. The summed E-state index contributed by atoms with van der Waals surface area (Å²) >= 11 is 5.74. The minimum Gasteiger partial charge on any atom is -0.449 e. The zero-order valence-electron chi connectivity index (χ0n) is 13.7. The third-order valence-corrected chi connectivity index (χ3v) is 3.79. The molecule has 0 aliphatic carbocycles. The number of esters is 1. The number of nitrogens with zero attached hydrogens (tertiary/aromatic N) is 2. The molecule has 24 heavy (non-hydrogen) atoms. The molecule has 8 heteroatoms. The molecular weight excluding hydrogens is 337 g/mol. The quantitative estimate of drug-likeness (QED) is 0.857. The van der Waals surface area contributed by atoms with E-state index in [0.717, 1.165) is 17.8 Å². The number of aryl methyl sites for hydroxylation is 2. The Morgan fingerprint density at radius 1 is 1.38 bits per heavy atom. The number of halogens is 2. The zero-order chi connectivity index (χ0) is 18.0. The van der Waals surface area contributed by atoms with Gasteiger partial charge in [-0.15, -0.1) is 0 Å². The molecule has 2 aromatic rings. The minimum absolute atomic E-state index is 0.196. The second-order valence-electron chi connectivity index (χ2n) is 5.33. The van der Waals surface area contributed by atoms with E-state index in [0.29, 0.717) is 11.4 Å². The van der Waals surface area contributed by atoms with Gasteiger partial charge in [0, 0.05) is 12.1 Å². The number of nitrogens with one attached hydrogen (secondary N) is 1. The van der Waals surface area contributed by atoms with Crippen LogP contribution in [0.5, 0.6) is 0 Å². The molecule has 6 nitrogen and oxygen atoms in total. The topological polar surface area (TPSA) is 73.2 Å². The number of carbonyl (C=O) groups is 2. The van der Waals surface area contributed by atoms with Crippen LogP contribution < -0.4 is 5.32 Å². The van der Waals surface area contributed by atoms with Crippen LogP contribution in [0.3, 0.4) is 0 Å². The van der Waals surface area contributed by atoms with E-state index in [4.69, 9.17) is 16.3 Å². The van der Waals surface area contributed by atoms with Gasteiger partial charge in [0.15, 0.2) is 6.10 Å². The summed E-state index contributed by atoms with van der Waals surface area (Å²) in [5.74, 6) is -2.27. The highest BCUT2D eigenvalue weighted by Crippen LogP contribution is 2.20. The first-order valence-electron chi connectivity index (χ1n) is 7.17. The highest BCUT2D eigenvalue weighted by Gasteiger charge is 2.23. The van der Waals surface area contributed by atoms with Crippen LogP contribution in [0.1, 0.15) is 28.7 Å². The number of anilines is 1. The Balaban J connectivity index is 2.08. The molecule has 1 amide bonds. The fourth-order valence-electron chi connectivity index (χ4n) is 2.11. The predicted octanol–water partition coefficient (Wildman–Crippen LogP) is 3.01. The van der Waals surface area contributed by atoms with Crippen molar-refractivity contribution in [3.63, 3.8) is 0 Å². The van der Waals surface area contributed by atoms with Crippen molar-refractivity contribution in [3.8, 4) is 0 Å². The zero-order valence-corrected chi connectivity index (χ0v) is 14.4. The lowest BCUT2D eigenvalue weighted by molar-refractivity contribution is -0.123. The first-order chi connectivity index (χ1) is 11.2. The number of hydrogen-bond acceptors (Lipinski definition) is 4. The summed E-state index contributed by atoms with van der Waals surface area (Å²) in [5, 5.41) is 7.04. The van der Waals surface area contributed by atoms with Gasteiger partial charge in [-0.25, -0.2) is 9.18 Å². The lowest BCUT2D eigenvalue weighted by atomic mass is 10.2. The first kappa shape index (κ1) is 17.9. The van der Waals surface area contributed by atoms with E-state index in [1.807, 2.05) is 0 Å². The van der Waals surface area contributed by atoms with Crippen LogP contribution in [0.4, 0.5) is 10.1 Å². The Bertz CT molecular complexity index is 804. The Morgan fingerprint density at radius 2 is 2.04 bits per heavy atom. The van der Waals surface area contributed by atoms with Crippen LogP contribution in [-0.4, -0.2) is 27.8 Å². The Morgan fingerprint density at radius 3 is 2.62 bits per heavy atom. The summed E-state index contributed by atoms with van der Waals surface area (Å²) in [6.07, 6.45) is -1.12. The molecule has 2 rings (SSSR count). The van der Waals surface area contributed by atoms with Crippen LogP contribution >= 0.6 is 11.6 Å². The van der Waals surface area contributed by atoms with Gasteiger partial charge in [0.25, 0.3) is 5.91 Å². The van der Waals surface area contributed by atoms with E-state index in [2.05, 4.69) is 10.4 Å². The van der Waals surface area contributed by atoms with Gasteiger partial charge in [-0.3, -0.25) is 9.48 Å². The number of amides is 1. The number of benzene rings is 1. The molecule has 1 atom stereocenters. The monoisotopic (exact) mass is 353 g/mol. The predicted molar refractivity (Wildman–Crippen MR) is 87.6 cm³/mol. The lowest BCUT2D eigenvalue weighted by Gasteiger charge is -2.14. The molecule has 0 spiro atoms. The molecule has 1 aromatic carbocycles. The van der Waals surface area contributed by atoms with Crippen molar-refractivity contribution in [2.75, 3.05) is 5.32 Å². The van der Waals surface area contributed by atoms with E-state index < -0.39 is 23.8 Å². The maximum atomic E-state index is 13.7. The molecule has 0 aliphatic heterocycles. The van der Waals surface area contributed by atoms with Crippen molar-refractivity contribution in [3.05, 3.63) is 46.0 Å². The van der Waals surface area contributed by atoms with Gasteiger partial charge < -0.3 is 10.1 Å². The van der Waals surface area contributed by atoms with Crippen molar-refractivity contribution in [1.29, 1.82) is 0 Å². The summed E-state index contributed by atoms with van der Waals surface area (Å²) in [6.45, 7) is 4.95. The van der Waals surface area contributed by atoms with Gasteiger partial charge in [-0.05, 0) is 39.0 Å². The van der Waals surface area contributed by atoms with E-state index >= 15 is 0 Å². The maximum absolute atomic E-state index is 13.7. The molecular formula is C16H17ClFN3O3. The minimum atomic E-state index is -1.12. The van der Waals surface area contributed by atoms with Crippen molar-refractivity contribution >= 4 is 29.2 Å². The fraction of sp³-hybridized carbons (Fsp3) is 0.312. The maximum Gasteiger partial charge on any atom is 0.341 e. The van der Waals surface area contributed by atoms with E-state index in [1.165, 1.54) is 13.0 Å². The summed E-state index contributed by atoms with van der Waals surface area (Å²) in [4.78, 5) is 24.2. The van der Waals surface area contributed by atoms with E-state index in [-0.39, 0.29) is 10.6 Å². The molecule has 1 N–H and O–H groups in total. The van der Waals surface area contributed by atoms with Crippen LogP contribution in [0.2, 0.25) is 5.02 Å². The number of rotatable bonds is 4. The van der Waals surface area contributed by atoms with E-state index in [9.17, 15) is 14.0 Å². The lowest BCUT2D eigenvalue weighted by Crippen LogP contribution is -2.30. The van der Waals surface area contributed by atoms with Crippen molar-refractivity contribution in [2.45, 2.75) is 26.9 Å². The third-order valence-electron chi connectivity index (χ3n) is 3.56. The molecule has 1 heterocycles. The molecule has 0 saturated heterocycles. The molecule has 0 radical (unpaired) electrons. The third kappa shape index (κ3) is 3.73. The molecule has 0 unspecified atom stereocenters. The standard InChI is InChI=1S/C16H17ClFN3O3/c1-8-14(9(2)21(4)20-8)19-15(22)10(3)24-16(23)12-7-11(17)5-6-13(12)18/h5-7,10H,1-4H3,(H,19,22)/t10-/m1/s1. The van der Waals surface area contributed by atoms with Crippen molar-refractivity contribution in [2.24, 2.45) is 7.05 Å². The number of carbonyl (C=O) groups excluding carboxylic acids is 2. The van der Waals surface area contributed by atoms with Gasteiger partial charge in [-0.2, -0.15) is 5.10 Å². The van der Waals surface area contributed by atoms with Crippen LogP contribution in [0.25, 0.3) is 0 Å². The highest BCUT2D eigenvalue weighted by molar-refractivity contribution is 6.30.